The van der Waals surface area contributed by atoms with Gasteiger partial charge in [-0.1, -0.05) is 164 Å². The molecule has 6 heteroatoms. The number of para-hydroxylation sites is 4. The Labute approximate surface area is 361 Å². The molecule has 0 bridgehead atoms. The zero-order valence-electron chi connectivity index (χ0n) is 33.7. The van der Waals surface area contributed by atoms with Gasteiger partial charge >= 0.3 is 0 Å². The van der Waals surface area contributed by atoms with Gasteiger partial charge in [0, 0.05) is 54.7 Å². The minimum Gasteiger partial charge on any atom is -0.456 e. The number of hydrogen-bond acceptors (Lipinski definition) is 5. The van der Waals surface area contributed by atoms with E-state index in [0.717, 1.165) is 94.0 Å². The highest BCUT2D eigenvalue weighted by molar-refractivity contribution is 6.15. The monoisotopic (exact) mass is 806 g/mol. The van der Waals surface area contributed by atoms with Gasteiger partial charge in [0.1, 0.15) is 22.3 Å². The molecular formula is C57H34N4O2. The average molecular weight is 807 g/mol. The highest BCUT2D eigenvalue weighted by Crippen LogP contribution is 2.44. The van der Waals surface area contributed by atoms with Crippen LogP contribution in [-0.4, -0.2) is 19.5 Å². The minimum absolute atomic E-state index is 0.503. The van der Waals surface area contributed by atoms with Gasteiger partial charge in [-0.2, -0.15) is 0 Å². The molecule has 0 saturated heterocycles. The third-order valence-corrected chi connectivity index (χ3v) is 12.3. The maximum absolute atomic E-state index is 7.20. The first-order chi connectivity index (χ1) is 31.2. The number of furan rings is 2. The first-order valence-corrected chi connectivity index (χ1v) is 21.1. The van der Waals surface area contributed by atoms with Gasteiger partial charge in [0.2, 0.25) is 0 Å². The Bertz CT molecular complexity index is 3870. The molecule has 6 nitrogen and oxygen atoms in total. The van der Waals surface area contributed by atoms with Crippen LogP contribution in [-0.2, 0) is 0 Å². The van der Waals surface area contributed by atoms with Crippen LogP contribution in [0.3, 0.4) is 0 Å². The predicted octanol–water partition coefficient (Wildman–Crippen LogP) is 15.1. The first kappa shape index (κ1) is 35.2. The molecule has 0 amide bonds. The lowest BCUT2D eigenvalue weighted by atomic mass is 9.97. The van der Waals surface area contributed by atoms with E-state index in [1.807, 2.05) is 66.7 Å². The van der Waals surface area contributed by atoms with Crippen molar-refractivity contribution in [1.82, 2.24) is 19.5 Å². The van der Waals surface area contributed by atoms with Gasteiger partial charge in [-0.15, -0.1) is 0 Å². The van der Waals surface area contributed by atoms with Crippen molar-refractivity contribution in [3.63, 3.8) is 0 Å². The van der Waals surface area contributed by atoms with Gasteiger partial charge in [0.25, 0.3) is 0 Å². The Hall–Kier alpha value is -8.61. The van der Waals surface area contributed by atoms with Gasteiger partial charge in [0.05, 0.1) is 16.6 Å². The van der Waals surface area contributed by atoms with Gasteiger partial charge in [-0.3, -0.25) is 0 Å². The van der Waals surface area contributed by atoms with Gasteiger partial charge < -0.3 is 13.4 Å². The highest BCUT2D eigenvalue weighted by atomic mass is 16.3. The lowest BCUT2D eigenvalue weighted by molar-refractivity contribution is 0.669. The Morgan fingerprint density at radius 1 is 0.317 bits per heavy atom. The molecular weight excluding hydrogens is 773 g/mol. The van der Waals surface area contributed by atoms with Gasteiger partial charge in [-0.25, -0.2) is 15.0 Å². The van der Waals surface area contributed by atoms with E-state index in [1.165, 1.54) is 10.8 Å². The zero-order valence-corrected chi connectivity index (χ0v) is 33.7. The summed E-state index contributed by atoms with van der Waals surface area (Å²) in [5, 5.41) is 6.29. The van der Waals surface area contributed by atoms with E-state index in [1.54, 1.807) is 0 Å². The molecule has 9 aromatic carbocycles. The summed E-state index contributed by atoms with van der Waals surface area (Å²) >= 11 is 0. The molecule has 0 aliphatic carbocycles. The van der Waals surface area contributed by atoms with E-state index in [4.69, 9.17) is 23.8 Å². The van der Waals surface area contributed by atoms with Crippen LogP contribution in [0.1, 0.15) is 0 Å². The maximum Gasteiger partial charge on any atom is 0.167 e. The largest absolute Gasteiger partial charge is 0.456 e. The van der Waals surface area contributed by atoms with E-state index in [0.29, 0.717) is 23.1 Å². The topological polar surface area (TPSA) is 69.9 Å². The number of benzene rings is 9. The van der Waals surface area contributed by atoms with Crippen LogP contribution in [0.25, 0.3) is 128 Å². The lowest BCUT2D eigenvalue weighted by Gasteiger charge is -2.13. The Balaban J connectivity index is 1.12. The maximum atomic E-state index is 7.20. The molecule has 0 unspecified atom stereocenters. The van der Waals surface area contributed by atoms with Crippen molar-refractivity contribution in [3.05, 3.63) is 206 Å². The summed E-state index contributed by atoms with van der Waals surface area (Å²) < 4.78 is 15.9. The molecule has 294 valence electrons. The summed E-state index contributed by atoms with van der Waals surface area (Å²) in [6.45, 7) is 0. The van der Waals surface area contributed by atoms with E-state index in [-0.39, 0.29) is 0 Å². The van der Waals surface area contributed by atoms with Crippen molar-refractivity contribution < 1.29 is 8.83 Å². The SMILES string of the molecule is c1ccc(-c2cccc(-c3cccc4c3oc3c(-c5nc(-c6ccccc6)nc(-c6cccc7oc8ccccc8c67)n5)cc(-n5c6ccccc6c6ccccc65)cc34)c2)cc1. The number of aromatic nitrogens is 4. The van der Waals surface area contributed by atoms with E-state index in [9.17, 15) is 0 Å². The minimum atomic E-state index is 0.503. The normalized spacial score (nSPS) is 11.8. The van der Waals surface area contributed by atoms with Crippen LogP contribution in [0.15, 0.2) is 215 Å². The van der Waals surface area contributed by atoms with E-state index in [2.05, 4.69) is 144 Å². The van der Waals surface area contributed by atoms with Crippen molar-refractivity contribution >= 4 is 65.7 Å². The molecule has 0 aliphatic heterocycles. The number of rotatable bonds is 6. The van der Waals surface area contributed by atoms with Crippen molar-refractivity contribution in [2.75, 3.05) is 0 Å². The van der Waals surface area contributed by atoms with E-state index < -0.39 is 0 Å². The van der Waals surface area contributed by atoms with Crippen molar-refractivity contribution in [2.45, 2.75) is 0 Å². The van der Waals surface area contributed by atoms with Crippen LogP contribution >= 0.6 is 0 Å². The Kier molecular flexibility index (Phi) is 7.80. The second kappa shape index (κ2) is 14.0. The van der Waals surface area contributed by atoms with Crippen molar-refractivity contribution in [1.29, 1.82) is 0 Å². The van der Waals surface area contributed by atoms with Crippen LogP contribution in [0.4, 0.5) is 0 Å². The quantitative estimate of drug-likeness (QED) is 0.167. The standard InChI is InChI=1S/C57H34N4O2/c1-3-16-35(17-4-1)37-20-13-21-38(32-37)40-25-14-26-43-46-33-39(61-48-28-10-7-22-41(48)42-23-8-11-29-49(42)61)34-47(54(46)63-53(40)43)57-59-55(36-18-5-2-6-19-36)58-56(60-57)45-27-15-31-51-52(45)44-24-9-12-30-50(44)62-51/h1-34H. The fourth-order valence-corrected chi connectivity index (χ4v) is 9.40. The molecule has 13 aromatic rings. The predicted molar refractivity (Wildman–Crippen MR) is 256 cm³/mol. The number of fused-ring (bicyclic) bond motifs is 9. The second-order valence-corrected chi connectivity index (χ2v) is 15.9. The van der Waals surface area contributed by atoms with Gasteiger partial charge in [-0.05, 0) is 59.2 Å². The molecule has 0 saturated carbocycles. The molecule has 0 aliphatic rings. The Morgan fingerprint density at radius 3 is 1.63 bits per heavy atom. The van der Waals surface area contributed by atoms with Gasteiger partial charge in [0.15, 0.2) is 17.5 Å². The number of nitrogens with zero attached hydrogens (tertiary/aromatic N) is 4. The molecule has 0 atom stereocenters. The number of hydrogen-bond donors (Lipinski definition) is 0. The summed E-state index contributed by atoms with van der Waals surface area (Å²) in [4.78, 5) is 15.9. The fourth-order valence-electron chi connectivity index (χ4n) is 9.40. The fraction of sp³-hybridized carbons (Fsp3) is 0. The molecule has 0 spiro atoms. The van der Waals surface area contributed by atoms with Crippen LogP contribution < -0.4 is 0 Å². The second-order valence-electron chi connectivity index (χ2n) is 15.9. The van der Waals surface area contributed by atoms with Crippen molar-refractivity contribution in [3.8, 4) is 62.1 Å². The molecule has 63 heavy (non-hydrogen) atoms. The third kappa shape index (κ3) is 5.62. The smallest absolute Gasteiger partial charge is 0.167 e. The summed E-state index contributed by atoms with van der Waals surface area (Å²) in [6, 6.07) is 71.5. The molecule has 0 radical (unpaired) electrons. The van der Waals surface area contributed by atoms with Crippen LogP contribution in [0, 0.1) is 0 Å². The molecule has 4 aromatic heterocycles. The summed E-state index contributed by atoms with van der Waals surface area (Å²) in [7, 11) is 0. The Morgan fingerprint density at radius 2 is 0.857 bits per heavy atom. The first-order valence-electron chi connectivity index (χ1n) is 21.1. The van der Waals surface area contributed by atoms with Crippen molar-refractivity contribution in [2.24, 2.45) is 0 Å². The molecule has 0 N–H and O–H groups in total. The van der Waals surface area contributed by atoms with E-state index >= 15 is 0 Å². The zero-order chi connectivity index (χ0) is 41.4. The average Bonchev–Trinajstić information content (AvgIpc) is 4.04. The van der Waals surface area contributed by atoms with Crippen LogP contribution in [0.2, 0.25) is 0 Å². The van der Waals surface area contributed by atoms with Crippen LogP contribution in [0.5, 0.6) is 0 Å². The highest BCUT2D eigenvalue weighted by Gasteiger charge is 2.24. The molecule has 0 fully saturated rings. The molecule has 4 heterocycles. The summed E-state index contributed by atoms with van der Waals surface area (Å²) in [6.07, 6.45) is 0. The summed E-state index contributed by atoms with van der Waals surface area (Å²) in [5.74, 6) is 1.61. The summed E-state index contributed by atoms with van der Waals surface area (Å²) in [5.41, 5.74) is 13.1. The third-order valence-electron chi connectivity index (χ3n) is 12.3. The molecule has 13 rings (SSSR count). The lowest BCUT2D eigenvalue weighted by Crippen LogP contribution is -2.02.